The monoisotopic (exact) mass is 519 g/mol. The van der Waals surface area contributed by atoms with Crippen molar-refractivity contribution in [2.45, 2.75) is 32.9 Å². The van der Waals surface area contributed by atoms with Crippen molar-refractivity contribution < 1.29 is 19.1 Å². The number of ether oxygens (including phenoxy) is 1. The van der Waals surface area contributed by atoms with Gasteiger partial charge in [-0.15, -0.1) is 0 Å². The Hall–Kier alpha value is -3.05. The lowest BCUT2D eigenvalue weighted by molar-refractivity contribution is -0.142. The fourth-order valence-corrected chi connectivity index (χ4v) is 4.18. The van der Waals surface area contributed by atoms with Gasteiger partial charge in [-0.1, -0.05) is 68.8 Å². The Balaban J connectivity index is 0.000000753. The average molecular weight is 520 g/mol. The first-order valence-electron chi connectivity index (χ1n) is 10.6. The minimum Gasteiger partial charge on any atom is -0.465 e. The number of thioether (sulfide) groups is 1. The average Bonchev–Trinajstić information content (AvgIpc) is 2.80. The molecule has 2 aromatic carbocycles. The molecule has 1 unspecified atom stereocenters. The summed E-state index contributed by atoms with van der Waals surface area (Å²) < 4.78 is 5.26. The predicted octanol–water partition coefficient (Wildman–Crippen LogP) is 2.58. The number of hydrogen-bond donors (Lipinski definition) is 1. The molecule has 0 heterocycles. The Labute approximate surface area is 219 Å². The summed E-state index contributed by atoms with van der Waals surface area (Å²) in [5, 5.41) is 4.24. The minimum atomic E-state index is -0.474. The lowest BCUT2D eigenvalue weighted by Crippen LogP contribution is -2.46. The fraction of sp³-hybridized carbons (Fsp3) is 0.333. The molecule has 0 bridgehead atoms. The number of benzene rings is 2. The van der Waals surface area contributed by atoms with Gasteiger partial charge < -0.3 is 4.74 Å². The van der Waals surface area contributed by atoms with Crippen LogP contribution in [-0.2, 0) is 19.1 Å². The SMILES string of the molecule is CC(=O)NN(C)c1ccccc1.CCOC(=O)C(C)SC(=S)N(C(C)=O)N(C)c1ccccc1.[BH4-]. The van der Waals surface area contributed by atoms with Gasteiger partial charge in [0.25, 0.3) is 0 Å². The molecular weight excluding hydrogens is 483 g/mol. The molecule has 0 aliphatic heterocycles. The van der Waals surface area contributed by atoms with Crippen molar-refractivity contribution in [3.05, 3.63) is 60.7 Å². The molecule has 0 aliphatic rings. The summed E-state index contributed by atoms with van der Waals surface area (Å²) in [7, 11) is 3.55. The molecule has 0 fully saturated rings. The van der Waals surface area contributed by atoms with Gasteiger partial charge >= 0.3 is 5.97 Å². The van der Waals surface area contributed by atoms with E-state index < -0.39 is 5.25 Å². The van der Waals surface area contributed by atoms with Crippen LogP contribution in [0.2, 0.25) is 0 Å². The summed E-state index contributed by atoms with van der Waals surface area (Å²) in [5.74, 6) is -0.637. The molecule has 2 aromatic rings. The van der Waals surface area contributed by atoms with E-state index in [9.17, 15) is 14.4 Å². The second kappa shape index (κ2) is 16.6. The quantitative estimate of drug-likeness (QED) is 0.259. The van der Waals surface area contributed by atoms with Crippen LogP contribution in [-0.4, -0.2) is 61.5 Å². The predicted molar refractivity (Wildman–Crippen MR) is 154 cm³/mol. The number of nitrogens with one attached hydrogen (secondary N) is 1. The van der Waals surface area contributed by atoms with Crippen molar-refractivity contribution in [3.8, 4) is 0 Å². The third kappa shape index (κ3) is 11.3. The smallest absolute Gasteiger partial charge is 0.319 e. The molecule has 2 amide bonds. The molecule has 0 saturated heterocycles. The third-order valence-corrected chi connectivity index (χ3v) is 5.65. The normalized spacial score (nSPS) is 10.3. The molecule has 35 heavy (non-hydrogen) atoms. The molecular formula is C24H36BN4O4S2-. The largest absolute Gasteiger partial charge is 0.465 e. The number of rotatable bonds is 7. The van der Waals surface area contributed by atoms with Crippen molar-refractivity contribution >= 4 is 65.9 Å². The van der Waals surface area contributed by atoms with Gasteiger partial charge in [0.1, 0.15) is 5.25 Å². The van der Waals surface area contributed by atoms with Crippen LogP contribution in [0.15, 0.2) is 60.7 Å². The van der Waals surface area contributed by atoms with E-state index in [0.29, 0.717) is 10.9 Å². The van der Waals surface area contributed by atoms with Crippen molar-refractivity contribution in [2.75, 3.05) is 30.7 Å². The summed E-state index contributed by atoms with van der Waals surface area (Å²) in [5.41, 5.74) is 4.44. The fourth-order valence-electron chi connectivity index (χ4n) is 2.68. The highest BCUT2D eigenvalue weighted by atomic mass is 32.2. The van der Waals surface area contributed by atoms with E-state index in [1.165, 1.54) is 18.9 Å². The maximum absolute atomic E-state index is 11.9. The number of esters is 1. The van der Waals surface area contributed by atoms with Crippen LogP contribution < -0.4 is 15.4 Å². The number of nitrogens with zero attached hydrogens (tertiary/aromatic N) is 3. The third-order valence-electron chi connectivity index (χ3n) is 4.27. The van der Waals surface area contributed by atoms with Gasteiger partial charge in [0, 0.05) is 27.9 Å². The van der Waals surface area contributed by atoms with Crippen LogP contribution in [0, 0.1) is 0 Å². The van der Waals surface area contributed by atoms with Crippen LogP contribution in [0.3, 0.4) is 0 Å². The molecule has 0 saturated carbocycles. The first-order valence-corrected chi connectivity index (χ1v) is 11.9. The summed E-state index contributed by atoms with van der Waals surface area (Å²) in [4.78, 5) is 34.3. The van der Waals surface area contributed by atoms with E-state index in [1.807, 2.05) is 60.7 Å². The standard InChI is InChI=1S/C15H20N2O3S2.C9H12N2O.BH4/c1-5-20-14(19)11(2)22-15(21)17(12(3)18)16(4)13-9-7-6-8-10-13;1-8(12)10-11(2)9-6-4-3-5-7-9;/h6-11H,5H2,1-4H3;3-7H,1-2H3,(H,10,12);1H4/q;;-1. The van der Waals surface area contributed by atoms with E-state index in [4.69, 9.17) is 17.0 Å². The lowest BCUT2D eigenvalue weighted by atomic mass is 10.3. The highest BCUT2D eigenvalue weighted by Gasteiger charge is 2.25. The van der Waals surface area contributed by atoms with Gasteiger partial charge in [0.15, 0.2) is 4.32 Å². The molecule has 8 nitrogen and oxygen atoms in total. The van der Waals surface area contributed by atoms with Gasteiger partial charge in [-0.2, -0.15) is 0 Å². The Kier molecular flexibility index (Phi) is 15.1. The molecule has 0 aromatic heterocycles. The van der Waals surface area contributed by atoms with E-state index in [-0.39, 0.29) is 26.2 Å². The van der Waals surface area contributed by atoms with Gasteiger partial charge in [-0.25, -0.2) is 5.01 Å². The number of carbonyl (C=O) groups is 3. The second-order valence-electron chi connectivity index (χ2n) is 7.03. The summed E-state index contributed by atoms with van der Waals surface area (Å²) in [6.07, 6.45) is 0. The second-order valence-corrected chi connectivity index (χ2v) is 9.01. The number of hydrogen-bond acceptors (Lipinski definition) is 8. The van der Waals surface area contributed by atoms with Crippen LogP contribution in [0.1, 0.15) is 27.7 Å². The molecule has 0 aliphatic carbocycles. The van der Waals surface area contributed by atoms with Crippen molar-refractivity contribution in [1.82, 2.24) is 10.4 Å². The van der Waals surface area contributed by atoms with E-state index in [2.05, 4.69) is 5.43 Å². The van der Waals surface area contributed by atoms with Crippen LogP contribution in [0.4, 0.5) is 11.4 Å². The maximum atomic E-state index is 11.9. The zero-order valence-corrected chi connectivity index (χ0v) is 22.0. The van der Waals surface area contributed by atoms with Crippen LogP contribution in [0.25, 0.3) is 0 Å². The first-order chi connectivity index (χ1) is 16.1. The van der Waals surface area contributed by atoms with Crippen molar-refractivity contribution in [1.29, 1.82) is 0 Å². The Bertz CT molecular complexity index is 951. The summed E-state index contributed by atoms with van der Waals surface area (Å²) in [6, 6.07) is 19.0. The van der Waals surface area contributed by atoms with Gasteiger partial charge in [0.05, 0.1) is 18.0 Å². The van der Waals surface area contributed by atoms with Crippen molar-refractivity contribution in [3.63, 3.8) is 0 Å². The summed E-state index contributed by atoms with van der Waals surface area (Å²) in [6.45, 7) is 6.69. The van der Waals surface area contributed by atoms with E-state index in [0.717, 1.165) is 23.1 Å². The Morgan fingerprint density at radius 1 is 0.971 bits per heavy atom. The molecule has 192 valence electrons. The Morgan fingerprint density at radius 2 is 1.46 bits per heavy atom. The first kappa shape index (κ1) is 32.0. The van der Waals surface area contributed by atoms with Gasteiger partial charge in [-0.05, 0) is 38.1 Å². The molecule has 0 radical (unpaired) electrons. The number of anilines is 2. The highest BCUT2D eigenvalue weighted by molar-refractivity contribution is 8.23. The van der Waals surface area contributed by atoms with Crippen LogP contribution >= 0.6 is 24.0 Å². The maximum Gasteiger partial charge on any atom is 0.319 e. The molecule has 1 N–H and O–H groups in total. The zero-order valence-electron chi connectivity index (χ0n) is 20.3. The van der Waals surface area contributed by atoms with E-state index >= 15 is 0 Å². The Morgan fingerprint density at radius 3 is 1.89 bits per heavy atom. The molecule has 1 atom stereocenters. The topological polar surface area (TPSA) is 82.2 Å². The molecule has 2 rings (SSSR count). The highest BCUT2D eigenvalue weighted by Crippen LogP contribution is 2.22. The number of hydrazine groups is 2. The van der Waals surface area contributed by atoms with Crippen LogP contribution in [0.5, 0.6) is 0 Å². The molecule has 0 spiro atoms. The molecule has 11 heteroatoms. The number of carbonyl (C=O) groups excluding carboxylic acids is 3. The number of thiocarbonyl (C=S) groups is 1. The lowest BCUT2D eigenvalue weighted by Gasteiger charge is -2.32. The summed E-state index contributed by atoms with van der Waals surface area (Å²) >= 11 is 6.45. The van der Waals surface area contributed by atoms with Crippen molar-refractivity contribution in [2.24, 2.45) is 0 Å². The number of para-hydroxylation sites is 2. The van der Waals surface area contributed by atoms with Gasteiger partial charge in [0.2, 0.25) is 11.8 Å². The zero-order chi connectivity index (χ0) is 25.7. The van der Waals surface area contributed by atoms with Gasteiger partial charge in [-0.3, -0.25) is 29.8 Å². The number of amides is 2. The minimum absolute atomic E-state index is 0. The van der Waals surface area contributed by atoms with E-state index in [1.54, 1.807) is 38.0 Å².